The molecule has 0 fully saturated rings. The number of rotatable bonds is 6. The van der Waals surface area contributed by atoms with Gasteiger partial charge in [-0.15, -0.1) is 0 Å². The Morgan fingerprint density at radius 1 is 1.39 bits per heavy atom. The molecule has 1 aromatic heterocycles. The van der Waals surface area contributed by atoms with Crippen molar-refractivity contribution in [1.82, 2.24) is 9.88 Å². The van der Waals surface area contributed by atoms with E-state index in [0.717, 1.165) is 31.4 Å². The summed E-state index contributed by atoms with van der Waals surface area (Å²) >= 11 is 0. The van der Waals surface area contributed by atoms with Crippen LogP contribution in [0.15, 0.2) is 27.4 Å². The zero-order valence-electron chi connectivity index (χ0n) is 10.6. The summed E-state index contributed by atoms with van der Waals surface area (Å²) < 4.78 is 4.96. The lowest BCUT2D eigenvalue weighted by Gasteiger charge is -2.14. The summed E-state index contributed by atoms with van der Waals surface area (Å²) in [5.74, 6) is -0.398. The molecule has 0 aliphatic carbocycles. The van der Waals surface area contributed by atoms with Gasteiger partial charge in [-0.1, -0.05) is 6.07 Å². The molecule has 1 aromatic carbocycles. The third kappa shape index (κ3) is 3.21. The monoisotopic (exact) mass is 249 g/mol. The minimum atomic E-state index is -0.398. The van der Waals surface area contributed by atoms with Crippen LogP contribution in [0.25, 0.3) is 11.1 Å². The van der Waals surface area contributed by atoms with Crippen LogP contribution in [0.4, 0.5) is 0 Å². The van der Waals surface area contributed by atoms with Gasteiger partial charge in [0.05, 0.1) is 5.52 Å². The second kappa shape index (κ2) is 5.84. The smallest absolute Gasteiger partial charge is 0.408 e. The summed E-state index contributed by atoms with van der Waals surface area (Å²) in [5, 5.41) is 0. The Balaban J connectivity index is 1.93. The van der Waals surface area contributed by atoms with Crippen LogP contribution in [0.5, 0.6) is 0 Å². The van der Waals surface area contributed by atoms with E-state index in [2.05, 4.69) is 16.9 Å². The molecule has 18 heavy (non-hydrogen) atoms. The quantitative estimate of drug-likeness (QED) is 0.799. The minimum absolute atomic E-state index is 0.398. The highest BCUT2D eigenvalue weighted by atomic mass is 16.4. The zero-order chi connectivity index (χ0) is 13.0. The maximum Gasteiger partial charge on any atom is 0.417 e. The van der Waals surface area contributed by atoms with Crippen molar-refractivity contribution in [3.8, 4) is 0 Å². The molecule has 0 saturated carbocycles. The van der Waals surface area contributed by atoms with E-state index in [1.165, 1.54) is 5.56 Å². The van der Waals surface area contributed by atoms with Gasteiger partial charge in [0.1, 0.15) is 0 Å². The molecular weight excluding hydrogens is 230 g/mol. The average Bonchev–Trinajstić information content (AvgIpc) is 2.69. The molecule has 0 unspecified atom stereocenters. The molecule has 0 saturated heterocycles. The molecule has 2 rings (SSSR count). The van der Waals surface area contributed by atoms with Crippen molar-refractivity contribution >= 4 is 11.1 Å². The van der Waals surface area contributed by atoms with E-state index in [-0.39, 0.29) is 0 Å². The number of nitrogens with one attached hydrogen (secondary N) is 1. The number of hydrogen-bond acceptors (Lipinski definition) is 4. The Hall–Kier alpha value is -1.59. The van der Waals surface area contributed by atoms with Gasteiger partial charge in [0.2, 0.25) is 0 Å². The predicted molar refractivity (Wildman–Crippen MR) is 71.7 cm³/mol. The Kier molecular flexibility index (Phi) is 4.17. The van der Waals surface area contributed by atoms with Crippen LogP contribution in [-0.2, 0) is 6.42 Å². The molecule has 5 heteroatoms. The van der Waals surface area contributed by atoms with E-state index in [0.29, 0.717) is 12.1 Å². The fraction of sp³-hybridized carbons (Fsp3) is 0.462. The predicted octanol–water partition coefficient (Wildman–Crippen LogP) is 0.944. The van der Waals surface area contributed by atoms with Crippen molar-refractivity contribution < 1.29 is 4.42 Å². The van der Waals surface area contributed by atoms with E-state index in [1.807, 2.05) is 18.2 Å². The van der Waals surface area contributed by atoms with Crippen molar-refractivity contribution in [3.63, 3.8) is 0 Å². The van der Waals surface area contributed by atoms with Crippen LogP contribution in [0.3, 0.4) is 0 Å². The topological polar surface area (TPSA) is 75.3 Å². The highest BCUT2D eigenvalue weighted by Crippen LogP contribution is 2.13. The molecule has 0 amide bonds. The molecule has 0 atom stereocenters. The fourth-order valence-electron chi connectivity index (χ4n) is 2.04. The zero-order valence-corrected chi connectivity index (χ0v) is 10.6. The molecule has 1 heterocycles. The van der Waals surface area contributed by atoms with Gasteiger partial charge < -0.3 is 15.1 Å². The van der Waals surface area contributed by atoms with Gasteiger partial charge >= 0.3 is 5.76 Å². The number of benzene rings is 1. The Bertz CT molecular complexity index is 559. The fourth-order valence-corrected chi connectivity index (χ4v) is 2.04. The number of aromatic nitrogens is 1. The normalized spacial score (nSPS) is 11.5. The molecule has 0 spiro atoms. The number of hydrogen-bond donors (Lipinski definition) is 2. The number of aryl methyl sites for hydroxylation is 1. The maximum absolute atomic E-state index is 11.0. The van der Waals surface area contributed by atoms with Gasteiger partial charge in [0.25, 0.3) is 0 Å². The van der Waals surface area contributed by atoms with Crippen LogP contribution in [0.2, 0.25) is 0 Å². The van der Waals surface area contributed by atoms with Crippen LogP contribution in [-0.4, -0.2) is 36.6 Å². The molecule has 98 valence electrons. The van der Waals surface area contributed by atoms with Crippen LogP contribution < -0.4 is 11.5 Å². The van der Waals surface area contributed by atoms with Crippen molar-refractivity contribution in [1.29, 1.82) is 0 Å². The Morgan fingerprint density at radius 2 is 2.22 bits per heavy atom. The molecule has 0 bridgehead atoms. The molecule has 2 aromatic rings. The number of nitrogens with zero attached hydrogens (tertiary/aromatic N) is 1. The van der Waals surface area contributed by atoms with Crippen LogP contribution in [0, 0.1) is 0 Å². The second-order valence-electron chi connectivity index (χ2n) is 4.54. The van der Waals surface area contributed by atoms with Gasteiger partial charge in [-0.2, -0.15) is 0 Å². The first-order valence-corrected chi connectivity index (χ1v) is 6.19. The first-order valence-electron chi connectivity index (χ1n) is 6.19. The SMILES string of the molecule is CN(CCN)CCCc1ccc2oc(=O)[nH]c2c1. The summed E-state index contributed by atoms with van der Waals surface area (Å²) in [6.07, 6.45) is 2.06. The highest BCUT2D eigenvalue weighted by Gasteiger charge is 2.03. The molecular formula is C13H19N3O2. The van der Waals surface area contributed by atoms with Gasteiger partial charge in [0, 0.05) is 13.1 Å². The number of aromatic amines is 1. The molecule has 0 radical (unpaired) electrons. The van der Waals surface area contributed by atoms with E-state index >= 15 is 0 Å². The number of H-pyrrole nitrogens is 1. The van der Waals surface area contributed by atoms with E-state index in [9.17, 15) is 4.79 Å². The maximum atomic E-state index is 11.0. The Labute approximate surface area is 106 Å². The first kappa shape index (κ1) is 12.9. The summed E-state index contributed by atoms with van der Waals surface area (Å²) in [6, 6.07) is 5.82. The van der Waals surface area contributed by atoms with E-state index < -0.39 is 5.76 Å². The average molecular weight is 249 g/mol. The van der Waals surface area contributed by atoms with Crippen molar-refractivity contribution in [2.45, 2.75) is 12.8 Å². The number of likely N-dealkylation sites (N-methyl/N-ethyl adjacent to an activating group) is 1. The molecule has 5 nitrogen and oxygen atoms in total. The lowest BCUT2D eigenvalue weighted by Crippen LogP contribution is -2.26. The number of nitrogens with two attached hydrogens (primary N) is 1. The molecule has 3 N–H and O–H groups in total. The molecule has 0 aliphatic rings. The van der Waals surface area contributed by atoms with Crippen molar-refractivity contribution in [2.75, 3.05) is 26.7 Å². The summed E-state index contributed by atoms with van der Waals surface area (Å²) in [7, 11) is 2.07. The standard InChI is InChI=1S/C13H19N3O2/c1-16(8-6-14)7-2-3-10-4-5-12-11(9-10)15-13(17)18-12/h4-5,9H,2-3,6-8,14H2,1H3,(H,15,17). The highest BCUT2D eigenvalue weighted by molar-refractivity contribution is 5.72. The van der Waals surface area contributed by atoms with Gasteiger partial charge in [0.15, 0.2) is 5.58 Å². The molecule has 0 aliphatic heterocycles. The number of fused-ring (bicyclic) bond motifs is 1. The van der Waals surface area contributed by atoms with Crippen LogP contribution >= 0.6 is 0 Å². The van der Waals surface area contributed by atoms with E-state index in [1.54, 1.807) is 0 Å². The first-order chi connectivity index (χ1) is 8.69. The minimum Gasteiger partial charge on any atom is -0.408 e. The van der Waals surface area contributed by atoms with Gasteiger partial charge in [-0.25, -0.2) is 4.79 Å². The summed E-state index contributed by atoms with van der Waals surface area (Å²) in [5.41, 5.74) is 8.09. The van der Waals surface area contributed by atoms with Gasteiger partial charge in [-0.05, 0) is 44.1 Å². The van der Waals surface area contributed by atoms with Gasteiger partial charge in [-0.3, -0.25) is 4.98 Å². The second-order valence-corrected chi connectivity index (χ2v) is 4.54. The lowest BCUT2D eigenvalue weighted by molar-refractivity contribution is 0.338. The summed E-state index contributed by atoms with van der Waals surface area (Å²) in [6.45, 7) is 2.64. The van der Waals surface area contributed by atoms with Crippen molar-refractivity contribution in [2.24, 2.45) is 5.73 Å². The largest absolute Gasteiger partial charge is 0.417 e. The van der Waals surface area contributed by atoms with Crippen molar-refractivity contribution in [3.05, 3.63) is 34.3 Å². The third-order valence-electron chi connectivity index (χ3n) is 3.00. The third-order valence-corrected chi connectivity index (χ3v) is 3.00. The lowest BCUT2D eigenvalue weighted by atomic mass is 10.1. The van der Waals surface area contributed by atoms with E-state index in [4.69, 9.17) is 10.2 Å². The summed E-state index contributed by atoms with van der Waals surface area (Å²) in [4.78, 5) is 15.9. The van der Waals surface area contributed by atoms with Crippen LogP contribution in [0.1, 0.15) is 12.0 Å². The Morgan fingerprint density at radius 3 is 3.00 bits per heavy atom. The number of oxazole rings is 1.